The van der Waals surface area contributed by atoms with Gasteiger partial charge in [0.15, 0.2) is 0 Å². The van der Waals surface area contributed by atoms with Gasteiger partial charge in [-0.05, 0) is 50.4 Å². The zero-order valence-corrected chi connectivity index (χ0v) is 11.4. The summed E-state index contributed by atoms with van der Waals surface area (Å²) in [4.78, 5) is 6.90. The second-order valence-corrected chi connectivity index (χ2v) is 5.42. The number of hydrogen-bond donors (Lipinski definition) is 1. The minimum absolute atomic E-state index is 0.761. The molecular formula is C15H25N3. The lowest BCUT2D eigenvalue weighted by Crippen LogP contribution is -2.34. The largest absolute Gasteiger partial charge is 0.330 e. The predicted molar refractivity (Wildman–Crippen MR) is 75.3 cm³/mol. The summed E-state index contributed by atoms with van der Waals surface area (Å²) < 4.78 is 0. The molecule has 2 rings (SSSR count). The first kappa shape index (κ1) is 13.5. The van der Waals surface area contributed by atoms with Gasteiger partial charge >= 0.3 is 0 Å². The molecule has 0 amide bonds. The first-order valence-corrected chi connectivity index (χ1v) is 7.14. The van der Waals surface area contributed by atoms with Crippen LogP contribution in [0.1, 0.15) is 43.2 Å². The minimum Gasteiger partial charge on any atom is -0.330 e. The summed E-state index contributed by atoms with van der Waals surface area (Å²) in [6.45, 7) is 5.04. The Kier molecular flexibility index (Phi) is 5.14. The van der Waals surface area contributed by atoms with E-state index in [1.54, 1.807) is 0 Å². The first-order valence-electron chi connectivity index (χ1n) is 7.14. The molecule has 0 aliphatic heterocycles. The van der Waals surface area contributed by atoms with Gasteiger partial charge in [-0.15, -0.1) is 0 Å². The molecule has 1 fully saturated rings. The van der Waals surface area contributed by atoms with E-state index in [-0.39, 0.29) is 0 Å². The standard InChI is InChI=1S/C15H25N3/c1-13-9-14(11-17-10-13)12-18(8-4-7-16)15-5-2-3-6-15/h9-11,15H,2-8,12,16H2,1H3. The van der Waals surface area contributed by atoms with Gasteiger partial charge in [-0.25, -0.2) is 0 Å². The van der Waals surface area contributed by atoms with Crippen molar-refractivity contribution in [2.24, 2.45) is 5.73 Å². The Morgan fingerprint density at radius 3 is 2.78 bits per heavy atom. The molecular weight excluding hydrogens is 222 g/mol. The van der Waals surface area contributed by atoms with Crippen LogP contribution in [0.15, 0.2) is 18.5 Å². The van der Waals surface area contributed by atoms with E-state index in [9.17, 15) is 0 Å². The van der Waals surface area contributed by atoms with Crippen molar-refractivity contribution in [3.63, 3.8) is 0 Å². The molecule has 1 heterocycles. The van der Waals surface area contributed by atoms with E-state index in [2.05, 4.69) is 22.9 Å². The SMILES string of the molecule is Cc1cncc(CN(CCCN)C2CCCC2)c1. The molecule has 0 atom stereocenters. The van der Waals surface area contributed by atoms with Crippen LogP contribution >= 0.6 is 0 Å². The van der Waals surface area contributed by atoms with E-state index in [4.69, 9.17) is 5.73 Å². The second kappa shape index (κ2) is 6.86. The molecule has 1 aliphatic carbocycles. The molecule has 1 aliphatic rings. The normalized spacial score (nSPS) is 16.6. The Labute approximate surface area is 110 Å². The van der Waals surface area contributed by atoms with Gasteiger partial charge in [0, 0.05) is 25.0 Å². The van der Waals surface area contributed by atoms with Crippen molar-refractivity contribution >= 4 is 0 Å². The molecule has 1 saturated carbocycles. The fourth-order valence-corrected chi connectivity index (χ4v) is 2.89. The van der Waals surface area contributed by atoms with Gasteiger partial charge < -0.3 is 5.73 Å². The summed E-state index contributed by atoms with van der Waals surface area (Å²) in [6, 6.07) is 3.01. The van der Waals surface area contributed by atoms with Gasteiger partial charge in [0.2, 0.25) is 0 Å². The van der Waals surface area contributed by atoms with Crippen LogP contribution in [-0.4, -0.2) is 29.0 Å². The van der Waals surface area contributed by atoms with Gasteiger partial charge in [-0.1, -0.05) is 18.9 Å². The quantitative estimate of drug-likeness (QED) is 0.839. The highest BCUT2D eigenvalue weighted by Gasteiger charge is 2.22. The lowest BCUT2D eigenvalue weighted by molar-refractivity contribution is 0.188. The van der Waals surface area contributed by atoms with Gasteiger partial charge in [-0.2, -0.15) is 0 Å². The maximum Gasteiger partial charge on any atom is 0.0313 e. The summed E-state index contributed by atoms with van der Waals surface area (Å²) >= 11 is 0. The van der Waals surface area contributed by atoms with Crippen LogP contribution in [0.3, 0.4) is 0 Å². The van der Waals surface area contributed by atoms with Crippen molar-refractivity contribution < 1.29 is 0 Å². The first-order chi connectivity index (χ1) is 8.79. The number of aryl methyl sites for hydroxylation is 1. The van der Waals surface area contributed by atoms with Crippen LogP contribution < -0.4 is 5.73 Å². The third kappa shape index (κ3) is 3.79. The van der Waals surface area contributed by atoms with Crippen molar-refractivity contribution in [1.82, 2.24) is 9.88 Å². The Morgan fingerprint density at radius 1 is 1.33 bits per heavy atom. The maximum atomic E-state index is 5.65. The molecule has 100 valence electrons. The van der Waals surface area contributed by atoms with Crippen LogP contribution in [0.25, 0.3) is 0 Å². The summed E-state index contributed by atoms with van der Waals surface area (Å²) in [5.74, 6) is 0. The van der Waals surface area contributed by atoms with Crippen LogP contribution in [0.2, 0.25) is 0 Å². The van der Waals surface area contributed by atoms with Crippen molar-refractivity contribution in [1.29, 1.82) is 0 Å². The number of rotatable bonds is 6. The molecule has 1 aromatic heterocycles. The average molecular weight is 247 g/mol. The third-order valence-corrected chi connectivity index (χ3v) is 3.81. The van der Waals surface area contributed by atoms with E-state index in [0.29, 0.717) is 0 Å². The van der Waals surface area contributed by atoms with Crippen LogP contribution in [0.4, 0.5) is 0 Å². The highest BCUT2D eigenvalue weighted by atomic mass is 15.2. The molecule has 0 saturated heterocycles. The molecule has 0 aromatic carbocycles. The molecule has 0 spiro atoms. The van der Waals surface area contributed by atoms with Crippen LogP contribution in [-0.2, 0) is 6.54 Å². The molecule has 1 aromatic rings. The lowest BCUT2D eigenvalue weighted by atomic mass is 10.1. The van der Waals surface area contributed by atoms with Crippen LogP contribution in [0.5, 0.6) is 0 Å². The molecule has 18 heavy (non-hydrogen) atoms. The Balaban J connectivity index is 1.99. The average Bonchev–Trinajstić information content (AvgIpc) is 2.88. The molecule has 0 bridgehead atoms. The Hall–Kier alpha value is -0.930. The smallest absolute Gasteiger partial charge is 0.0313 e. The van der Waals surface area contributed by atoms with E-state index < -0.39 is 0 Å². The van der Waals surface area contributed by atoms with E-state index >= 15 is 0 Å². The fourth-order valence-electron chi connectivity index (χ4n) is 2.89. The second-order valence-electron chi connectivity index (χ2n) is 5.42. The van der Waals surface area contributed by atoms with Crippen molar-refractivity contribution in [2.75, 3.05) is 13.1 Å². The molecule has 2 N–H and O–H groups in total. The highest BCUT2D eigenvalue weighted by molar-refractivity contribution is 5.16. The third-order valence-electron chi connectivity index (χ3n) is 3.81. The number of nitrogens with zero attached hydrogens (tertiary/aromatic N) is 2. The number of aromatic nitrogens is 1. The molecule has 3 heteroatoms. The van der Waals surface area contributed by atoms with Gasteiger partial charge in [0.25, 0.3) is 0 Å². The number of hydrogen-bond acceptors (Lipinski definition) is 3. The fraction of sp³-hybridized carbons (Fsp3) is 0.667. The number of nitrogens with two attached hydrogens (primary N) is 1. The number of pyridine rings is 1. The minimum atomic E-state index is 0.761. The van der Waals surface area contributed by atoms with Crippen molar-refractivity contribution in [3.05, 3.63) is 29.6 Å². The summed E-state index contributed by atoms with van der Waals surface area (Å²) in [6.07, 6.45) is 10.5. The van der Waals surface area contributed by atoms with Gasteiger partial charge in [-0.3, -0.25) is 9.88 Å². The topological polar surface area (TPSA) is 42.2 Å². The predicted octanol–water partition coefficient (Wildman–Crippen LogP) is 2.48. The van der Waals surface area contributed by atoms with Gasteiger partial charge in [0.1, 0.15) is 0 Å². The zero-order chi connectivity index (χ0) is 12.8. The van der Waals surface area contributed by atoms with E-state index in [1.165, 1.54) is 36.8 Å². The maximum absolute atomic E-state index is 5.65. The molecule has 0 unspecified atom stereocenters. The van der Waals surface area contributed by atoms with Crippen LogP contribution in [0, 0.1) is 6.92 Å². The Bertz CT molecular complexity index is 359. The highest BCUT2D eigenvalue weighted by Crippen LogP contribution is 2.25. The van der Waals surface area contributed by atoms with Crippen molar-refractivity contribution in [2.45, 2.75) is 51.6 Å². The summed E-state index contributed by atoms with van der Waals surface area (Å²) in [5.41, 5.74) is 8.23. The van der Waals surface area contributed by atoms with Crippen molar-refractivity contribution in [3.8, 4) is 0 Å². The van der Waals surface area contributed by atoms with E-state index in [1.807, 2.05) is 12.4 Å². The zero-order valence-electron chi connectivity index (χ0n) is 11.4. The monoisotopic (exact) mass is 247 g/mol. The molecule has 0 radical (unpaired) electrons. The van der Waals surface area contributed by atoms with E-state index in [0.717, 1.165) is 32.1 Å². The van der Waals surface area contributed by atoms with Gasteiger partial charge in [0.05, 0.1) is 0 Å². The summed E-state index contributed by atoms with van der Waals surface area (Å²) in [5, 5.41) is 0. The Morgan fingerprint density at radius 2 is 2.11 bits per heavy atom. The lowest BCUT2D eigenvalue weighted by Gasteiger charge is -2.28. The molecule has 3 nitrogen and oxygen atoms in total. The summed E-state index contributed by atoms with van der Waals surface area (Å²) in [7, 11) is 0.